The predicted molar refractivity (Wildman–Crippen MR) is 127 cm³/mol. The highest BCUT2D eigenvalue weighted by Crippen LogP contribution is 2.32. The van der Waals surface area contributed by atoms with Crippen LogP contribution in [0.15, 0.2) is 52.1 Å². The molecule has 4 aromatic rings. The minimum Gasteiger partial charge on any atom is -0.312 e. The summed E-state index contributed by atoms with van der Waals surface area (Å²) in [5.74, 6) is 0.693. The second-order valence-corrected chi connectivity index (χ2v) is 8.82. The lowest BCUT2D eigenvalue weighted by Crippen LogP contribution is -2.40. The van der Waals surface area contributed by atoms with Gasteiger partial charge in [-0.1, -0.05) is 35.9 Å². The second-order valence-electron chi connectivity index (χ2n) is 8.41. The normalized spacial score (nSPS) is 13.6. The van der Waals surface area contributed by atoms with E-state index in [1.54, 1.807) is 13.1 Å². The highest BCUT2D eigenvalue weighted by atomic mass is 35.5. The molecule has 164 valence electrons. The number of benzene rings is 2. The fourth-order valence-corrected chi connectivity index (χ4v) is 4.75. The van der Waals surface area contributed by atoms with Gasteiger partial charge in [0.05, 0.1) is 6.54 Å². The quantitative estimate of drug-likeness (QED) is 0.477. The molecule has 0 radical (unpaired) electrons. The van der Waals surface area contributed by atoms with Crippen LogP contribution in [0.4, 0.5) is 11.6 Å². The van der Waals surface area contributed by atoms with Crippen LogP contribution < -0.4 is 16.1 Å². The van der Waals surface area contributed by atoms with Gasteiger partial charge in [-0.3, -0.25) is 13.9 Å². The van der Waals surface area contributed by atoms with E-state index in [4.69, 9.17) is 16.6 Å². The first-order chi connectivity index (χ1) is 15.3. The molecule has 0 N–H and O–H groups in total. The number of imidazole rings is 1. The average molecular weight is 450 g/mol. The van der Waals surface area contributed by atoms with Gasteiger partial charge >= 0.3 is 5.69 Å². The Hall–Kier alpha value is -3.32. The van der Waals surface area contributed by atoms with Crippen LogP contribution in [0.3, 0.4) is 0 Å². The number of anilines is 2. The standard InChI is InChI=1S/C24H24ClN5O2/c1-15-11-16(2)13-18(12-15)28-9-6-10-29-20-21(26-23(28)29)27(3)24(32)30(22(20)31)14-17-7-4-5-8-19(17)25/h4-5,7-8,11-13H,6,9-10,14H2,1-3H3. The number of fused-ring (bicyclic) bond motifs is 3. The summed E-state index contributed by atoms with van der Waals surface area (Å²) in [6.07, 6.45) is 0.873. The van der Waals surface area contributed by atoms with Gasteiger partial charge < -0.3 is 9.47 Å². The zero-order valence-corrected chi connectivity index (χ0v) is 19.1. The Bertz CT molecular complexity index is 1460. The Balaban J connectivity index is 1.72. The first kappa shape index (κ1) is 20.6. The molecule has 5 rings (SSSR count). The molecule has 0 fully saturated rings. The summed E-state index contributed by atoms with van der Waals surface area (Å²) >= 11 is 6.30. The summed E-state index contributed by atoms with van der Waals surface area (Å²) in [4.78, 5) is 33.5. The summed E-state index contributed by atoms with van der Waals surface area (Å²) in [5.41, 5.74) is 4.21. The molecule has 0 aliphatic carbocycles. The Morgan fingerprint density at radius 1 is 1.03 bits per heavy atom. The third-order valence-electron chi connectivity index (χ3n) is 6.02. The smallest absolute Gasteiger partial charge is 0.312 e. The van der Waals surface area contributed by atoms with Crippen molar-refractivity contribution in [1.82, 2.24) is 18.7 Å². The van der Waals surface area contributed by atoms with Gasteiger partial charge in [-0.15, -0.1) is 0 Å². The zero-order chi connectivity index (χ0) is 22.6. The van der Waals surface area contributed by atoms with Crippen LogP contribution in [-0.4, -0.2) is 25.2 Å². The van der Waals surface area contributed by atoms with Gasteiger partial charge in [0.2, 0.25) is 5.95 Å². The number of hydrogen-bond acceptors (Lipinski definition) is 4. The molecule has 0 saturated carbocycles. The first-order valence-electron chi connectivity index (χ1n) is 10.6. The van der Waals surface area contributed by atoms with Crippen molar-refractivity contribution in [3.63, 3.8) is 0 Å². The lowest BCUT2D eigenvalue weighted by Gasteiger charge is -2.29. The number of rotatable bonds is 3. The first-order valence-corrected chi connectivity index (χ1v) is 11.0. The minimum absolute atomic E-state index is 0.114. The van der Waals surface area contributed by atoms with Crippen molar-refractivity contribution in [3.8, 4) is 0 Å². The molecule has 0 saturated heterocycles. The van der Waals surface area contributed by atoms with Crippen molar-refractivity contribution in [2.75, 3.05) is 11.4 Å². The minimum atomic E-state index is -0.407. The summed E-state index contributed by atoms with van der Waals surface area (Å²) in [5, 5.41) is 0.526. The van der Waals surface area contributed by atoms with Crippen molar-refractivity contribution in [3.05, 3.63) is 85.0 Å². The summed E-state index contributed by atoms with van der Waals surface area (Å²) < 4.78 is 4.65. The van der Waals surface area contributed by atoms with E-state index in [1.165, 1.54) is 20.3 Å². The van der Waals surface area contributed by atoms with Crippen molar-refractivity contribution in [2.24, 2.45) is 7.05 Å². The van der Waals surface area contributed by atoms with Gasteiger partial charge in [-0.25, -0.2) is 4.79 Å². The van der Waals surface area contributed by atoms with E-state index in [0.717, 1.165) is 24.2 Å². The van der Waals surface area contributed by atoms with Crippen molar-refractivity contribution < 1.29 is 0 Å². The maximum Gasteiger partial charge on any atom is 0.332 e. The SMILES string of the molecule is Cc1cc(C)cc(N2CCCn3c2nc2c3c(=O)n(Cc3ccccc3Cl)c(=O)n2C)c1. The Morgan fingerprint density at radius 2 is 1.75 bits per heavy atom. The van der Waals surface area contributed by atoms with E-state index in [0.29, 0.717) is 28.7 Å². The van der Waals surface area contributed by atoms with Gasteiger partial charge in [-0.05, 0) is 55.2 Å². The largest absolute Gasteiger partial charge is 0.332 e. The lowest BCUT2D eigenvalue weighted by atomic mass is 10.1. The predicted octanol–water partition coefficient (Wildman–Crippen LogP) is 3.76. The third-order valence-corrected chi connectivity index (χ3v) is 6.39. The van der Waals surface area contributed by atoms with E-state index >= 15 is 0 Å². The fourth-order valence-electron chi connectivity index (χ4n) is 4.55. The highest BCUT2D eigenvalue weighted by molar-refractivity contribution is 6.31. The maximum atomic E-state index is 13.5. The van der Waals surface area contributed by atoms with Gasteiger partial charge in [0, 0.05) is 30.8 Å². The monoisotopic (exact) mass is 449 g/mol. The van der Waals surface area contributed by atoms with Crippen molar-refractivity contribution in [1.29, 1.82) is 0 Å². The maximum absolute atomic E-state index is 13.5. The molecule has 3 heterocycles. The molecule has 0 atom stereocenters. The van der Waals surface area contributed by atoms with E-state index in [2.05, 4.69) is 36.9 Å². The number of nitrogens with zero attached hydrogens (tertiary/aromatic N) is 5. The lowest BCUT2D eigenvalue weighted by molar-refractivity contribution is 0.597. The van der Waals surface area contributed by atoms with Crippen LogP contribution in [0.5, 0.6) is 0 Å². The molecule has 2 aromatic heterocycles. The van der Waals surface area contributed by atoms with E-state index in [-0.39, 0.29) is 12.1 Å². The van der Waals surface area contributed by atoms with Crippen LogP contribution in [-0.2, 0) is 20.1 Å². The number of halogens is 1. The van der Waals surface area contributed by atoms with E-state index in [1.807, 2.05) is 22.8 Å². The molecule has 2 aromatic carbocycles. The summed E-state index contributed by atoms with van der Waals surface area (Å²) in [7, 11) is 1.66. The van der Waals surface area contributed by atoms with Crippen LogP contribution in [0.25, 0.3) is 11.2 Å². The second kappa shape index (κ2) is 7.67. The highest BCUT2D eigenvalue weighted by Gasteiger charge is 2.27. The van der Waals surface area contributed by atoms with Crippen LogP contribution in [0.1, 0.15) is 23.1 Å². The van der Waals surface area contributed by atoms with Crippen LogP contribution in [0, 0.1) is 13.8 Å². The average Bonchev–Trinajstić information content (AvgIpc) is 3.16. The van der Waals surface area contributed by atoms with Crippen molar-refractivity contribution in [2.45, 2.75) is 33.4 Å². The molecule has 0 amide bonds. The van der Waals surface area contributed by atoms with E-state index < -0.39 is 5.69 Å². The topological polar surface area (TPSA) is 65.1 Å². The number of hydrogen-bond donors (Lipinski definition) is 0. The van der Waals surface area contributed by atoms with Gasteiger partial charge in [0.1, 0.15) is 0 Å². The number of aromatic nitrogens is 4. The molecule has 0 bridgehead atoms. The van der Waals surface area contributed by atoms with Crippen LogP contribution >= 0.6 is 11.6 Å². The van der Waals surface area contributed by atoms with Gasteiger partial charge in [0.15, 0.2) is 11.2 Å². The molecule has 7 nitrogen and oxygen atoms in total. The number of aryl methyl sites for hydroxylation is 4. The van der Waals surface area contributed by atoms with Crippen LogP contribution in [0.2, 0.25) is 5.02 Å². The molecule has 8 heteroatoms. The molecular weight excluding hydrogens is 426 g/mol. The fraction of sp³-hybridized carbons (Fsp3) is 0.292. The van der Waals surface area contributed by atoms with Gasteiger partial charge in [-0.2, -0.15) is 4.98 Å². The summed E-state index contributed by atoms with van der Waals surface area (Å²) in [6, 6.07) is 13.6. The molecule has 1 aliphatic rings. The Labute approximate surface area is 190 Å². The molecular formula is C24H24ClN5O2. The van der Waals surface area contributed by atoms with E-state index in [9.17, 15) is 9.59 Å². The molecule has 32 heavy (non-hydrogen) atoms. The Kier molecular flexibility index (Phi) is 4.93. The third kappa shape index (κ3) is 3.24. The molecule has 0 unspecified atom stereocenters. The Morgan fingerprint density at radius 3 is 2.47 bits per heavy atom. The van der Waals surface area contributed by atoms with Crippen molar-refractivity contribution >= 4 is 34.4 Å². The van der Waals surface area contributed by atoms with Gasteiger partial charge in [0.25, 0.3) is 5.56 Å². The molecule has 1 aliphatic heterocycles. The summed E-state index contributed by atoms with van der Waals surface area (Å²) in [6.45, 7) is 5.73. The zero-order valence-electron chi connectivity index (χ0n) is 18.3. The molecule has 0 spiro atoms.